The van der Waals surface area contributed by atoms with E-state index in [0.717, 1.165) is 36.1 Å². The van der Waals surface area contributed by atoms with Gasteiger partial charge in [0.15, 0.2) is 0 Å². The lowest BCUT2D eigenvalue weighted by atomic mass is 9.76. The van der Waals surface area contributed by atoms with E-state index in [-0.39, 0.29) is 0 Å². The van der Waals surface area contributed by atoms with Crippen LogP contribution >= 0.6 is 0 Å². The van der Waals surface area contributed by atoms with Crippen LogP contribution in [0, 0.1) is 11.3 Å². The van der Waals surface area contributed by atoms with E-state index in [4.69, 9.17) is 10.5 Å². The van der Waals surface area contributed by atoms with Crippen LogP contribution in [0.25, 0.3) is 0 Å². The van der Waals surface area contributed by atoms with Gasteiger partial charge in [-0.15, -0.1) is 0 Å². The smallest absolute Gasteiger partial charge is 0.144 e. The molecule has 0 spiro atoms. The van der Waals surface area contributed by atoms with Crippen molar-refractivity contribution < 1.29 is 4.74 Å². The van der Waals surface area contributed by atoms with E-state index in [1.54, 1.807) is 7.11 Å². The number of hydrogen-bond donors (Lipinski definition) is 1. The van der Waals surface area contributed by atoms with Gasteiger partial charge in [-0.25, -0.2) is 0 Å². The van der Waals surface area contributed by atoms with E-state index in [0.29, 0.717) is 5.41 Å². The molecule has 1 aromatic carbocycles. The second-order valence-corrected chi connectivity index (χ2v) is 5.90. The lowest BCUT2D eigenvalue weighted by Crippen LogP contribution is -2.52. The molecule has 17 heavy (non-hydrogen) atoms. The zero-order chi connectivity index (χ0) is 12.6. The summed E-state index contributed by atoms with van der Waals surface area (Å²) in [7, 11) is 1.69. The van der Waals surface area contributed by atoms with E-state index in [9.17, 15) is 0 Å². The fourth-order valence-electron chi connectivity index (χ4n) is 2.18. The van der Waals surface area contributed by atoms with Crippen LogP contribution in [-0.4, -0.2) is 20.2 Å². The molecule has 2 rings (SSSR count). The third-order valence-corrected chi connectivity index (χ3v) is 3.65. The van der Waals surface area contributed by atoms with Crippen molar-refractivity contribution in [1.82, 2.24) is 0 Å². The first-order valence-electron chi connectivity index (χ1n) is 6.10. The maximum atomic E-state index is 5.76. The fraction of sp³-hybridized carbons (Fsp3) is 0.571. The fourth-order valence-corrected chi connectivity index (χ4v) is 2.18. The van der Waals surface area contributed by atoms with Crippen molar-refractivity contribution in [3.63, 3.8) is 0 Å². The van der Waals surface area contributed by atoms with E-state index < -0.39 is 0 Å². The minimum absolute atomic E-state index is 0.386. The van der Waals surface area contributed by atoms with Crippen molar-refractivity contribution in [2.24, 2.45) is 11.3 Å². The number of nitrogens with two attached hydrogens (primary N) is 1. The minimum Gasteiger partial charge on any atom is -0.495 e. The van der Waals surface area contributed by atoms with Crippen LogP contribution in [0.5, 0.6) is 5.75 Å². The highest BCUT2D eigenvalue weighted by Crippen LogP contribution is 2.40. The van der Waals surface area contributed by atoms with Gasteiger partial charge in [0, 0.05) is 24.8 Å². The Morgan fingerprint density at radius 1 is 1.29 bits per heavy atom. The number of ether oxygens (including phenoxy) is 1. The first-order chi connectivity index (χ1) is 7.91. The van der Waals surface area contributed by atoms with Gasteiger partial charge < -0.3 is 15.4 Å². The Morgan fingerprint density at radius 3 is 2.47 bits per heavy atom. The summed E-state index contributed by atoms with van der Waals surface area (Å²) in [6.45, 7) is 9.10. The number of hydrogen-bond acceptors (Lipinski definition) is 3. The highest BCUT2D eigenvalue weighted by Gasteiger charge is 2.36. The van der Waals surface area contributed by atoms with Crippen molar-refractivity contribution in [2.45, 2.75) is 20.8 Å². The highest BCUT2D eigenvalue weighted by atomic mass is 16.5. The van der Waals surface area contributed by atoms with Gasteiger partial charge in [0.2, 0.25) is 0 Å². The molecular formula is C14H22N2O. The largest absolute Gasteiger partial charge is 0.495 e. The van der Waals surface area contributed by atoms with Gasteiger partial charge in [0.1, 0.15) is 5.75 Å². The van der Waals surface area contributed by atoms with E-state index in [1.807, 2.05) is 18.2 Å². The summed E-state index contributed by atoms with van der Waals surface area (Å²) in [6, 6.07) is 5.87. The van der Waals surface area contributed by atoms with Crippen LogP contribution < -0.4 is 15.4 Å². The van der Waals surface area contributed by atoms with Gasteiger partial charge in [0.25, 0.3) is 0 Å². The molecule has 1 aromatic rings. The summed E-state index contributed by atoms with van der Waals surface area (Å²) in [5.41, 5.74) is 8.05. The number of benzene rings is 1. The first kappa shape index (κ1) is 12.1. The van der Waals surface area contributed by atoms with Crippen LogP contribution in [0.1, 0.15) is 20.8 Å². The normalized spacial score (nSPS) is 16.8. The van der Waals surface area contributed by atoms with Crippen LogP contribution in [0.15, 0.2) is 18.2 Å². The summed E-state index contributed by atoms with van der Waals surface area (Å²) in [4.78, 5) is 2.36. The molecule has 0 aliphatic carbocycles. The Morgan fingerprint density at radius 2 is 1.94 bits per heavy atom. The van der Waals surface area contributed by atoms with Crippen LogP contribution in [-0.2, 0) is 0 Å². The molecule has 1 saturated heterocycles. The zero-order valence-electron chi connectivity index (χ0n) is 11.2. The third kappa shape index (κ3) is 2.33. The molecular weight excluding hydrogens is 212 g/mol. The van der Waals surface area contributed by atoms with Gasteiger partial charge in [-0.2, -0.15) is 0 Å². The number of rotatable bonds is 2. The maximum Gasteiger partial charge on any atom is 0.144 e. The molecule has 0 saturated carbocycles. The molecule has 0 atom stereocenters. The second-order valence-electron chi connectivity index (χ2n) is 5.90. The lowest BCUT2D eigenvalue weighted by Gasteiger charge is -2.47. The quantitative estimate of drug-likeness (QED) is 0.800. The summed E-state index contributed by atoms with van der Waals surface area (Å²) in [5.74, 6) is 1.63. The molecule has 0 radical (unpaired) electrons. The van der Waals surface area contributed by atoms with Gasteiger partial charge >= 0.3 is 0 Å². The van der Waals surface area contributed by atoms with Crippen LogP contribution in [0.3, 0.4) is 0 Å². The number of nitrogens with zero attached hydrogens (tertiary/aromatic N) is 1. The molecule has 0 bridgehead atoms. The lowest BCUT2D eigenvalue weighted by molar-refractivity contribution is 0.194. The molecule has 1 aliphatic heterocycles. The summed E-state index contributed by atoms with van der Waals surface area (Å²) in [6.07, 6.45) is 0. The van der Waals surface area contributed by atoms with Crippen LogP contribution in [0.4, 0.5) is 11.4 Å². The molecule has 2 N–H and O–H groups in total. The van der Waals surface area contributed by atoms with Crippen molar-refractivity contribution in [3.05, 3.63) is 18.2 Å². The average molecular weight is 234 g/mol. The Hall–Kier alpha value is -1.38. The third-order valence-electron chi connectivity index (χ3n) is 3.65. The molecule has 0 aromatic heterocycles. The Kier molecular flexibility index (Phi) is 2.94. The highest BCUT2D eigenvalue weighted by molar-refractivity contribution is 5.65. The predicted octanol–water partition coefficient (Wildman–Crippen LogP) is 2.76. The monoisotopic (exact) mass is 234 g/mol. The molecule has 1 fully saturated rings. The van der Waals surface area contributed by atoms with Gasteiger partial charge in [0.05, 0.1) is 12.8 Å². The predicted molar refractivity (Wildman–Crippen MR) is 72.6 cm³/mol. The van der Waals surface area contributed by atoms with Gasteiger partial charge in [-0.3, -0.25) is 0 Å². The maximum absolute atomic E-state index is 5.76. The standard InChI is InChI=1S/C14H22N2O/c1-14(2,3)10-8-16(9-10)12-6-5-11(15)7-13(12)17-4/h5-7,10H,8-9,15H2,1-4H3. The second kappa shape index (κ2) is 4.13. The molecule has 0 amide bonds. The Labute approximate surface area is 104 Å². The van der Waals surface area contributed by atoms with E-state index >= 15 is 0 Å². The minimum atomic E-state index is 0.386. The zero-order valence-corrected chi connectivity index (χ0v) is 11.2. The van der Waals surface area contributed by atoms with Crippen molar-refractivity contribution >= 4 is 11.4 Å². The molecule has 1 aliphatic rings. The number of methoxy groups -OCH3 is 1. The topological polar surface area (TPSA) is 38.5 Å². The molecule has 3 heteroatoms. The van der Waals surface area contributed by atoms with Gasteiger partial charge in [-0.05, 0) is 23.5 Å². The summed E-state index contributed by atoms with van der Waals surface area (Å²) < 4.78 is 5.38. The molecule has 94 valence electrons. The number of nitrogen functional groups attached to an aromatic ring is 1. The molecule has 0 unspecified atom stereocenters. The Balaban J connectivity index is 2.11. The van der Waals surface area contributed by atoms with Crippen molar-refractivity contribution in [1.29, 1.82) is 0 Å². The van der Waals surface area contributed by atoms with E-state index in [2.05, 4.69) is 25.7 Å². The number of anilines is 2. The summed E-state index contributed by atoms with van der Waals surface area (Å²) in [5, 5.41) is 0. The summed E-state index contributed by atoms with van der Waals surface area (Å²) >= 11 is 0. The molecule has 3 nitrogen and oxygen atoms in total. The SMILES string of the molecule is COc1cc(N)ccc1N1CC(C(C)(C)C)C1. The van der Waals surface area contributed by atoms with Crippen LogP contribution in [0.2, 0.25) is 0 Å². The van der Waals surface area contributed by atoms with Gasteiger partial charge in [-0.1, -0.05) is 20.8 Å². The average Bonchev–Trinajstić information content (AvgIpc) is 2.15. The van der Waals surface area contributed by atoms with Crippen molar-refractivity contribution in [2.75, 3.05) is 30.8 Å². The van der Waals surface area contributed by atoms with E-state index in [1.165, 1.54) is 0 Å². The Bertz CT molecular complexity index is 403. The van der Waals surface area contributed by atoms with Crippen molar-refractivity contribution in [3.8, 4) is 5.75 Å². The molecule has 1 heterocycles. The first-order valence-corrected chi connectivity index (χ1v) is 6.10.